The van der Waals surface area contributed by atoms with Crippen molar-refractivity contribution in [3.63, 3.8) is 0 Å². The number of carbonyl (C=O) groups excluding carboxylic acids is 2. The second-order valence-corrected chi connectivity index (χ2v) is 8.51. The first-order valence-electron chi connectivity index (χ1n) is 9.40. The molecule has 1 unspecified atom stereocenters. The van der Waals surface area contributed by atoms with Crippen LogP contribution in [0.25, 0.3) is 0 Å². The molecule has 7 heteroatoms. The number of ether oxygens (including phenoxy) is 1. The number of carbonyl (C=O) groups is 2. The van der Waals surface area contributed by atoms with E-state index in [1.807, 2.05) is 45.0 Å². The molecule has 0 heterocycles. The van der Waals surface area contributed by atoms with Gasteiger partial charge in [0.2, 0.25) is 5.91 Å². The molecule has 0 spiro atoms. The van der Waals surface area contributed by atoms with Gasteiger partial charge in [-0.3, -0.25) is 9.59 Å². The Labute approximate surface area is 185 Å². The molecule has 156 valence electrons. The fourth-order valence-electron chi connectivity index (χ4n) is 2.71. The Morgan fingerprint density at radius 2 is 1.79 bits per heavy atom. The number of halogens is 2. The zero-order valence-electron chi connectivity index (χ0n) is 17.0. The van der Waals surface area contributed by atoms with Crippen LogP contribution in [-0.4, -0.2) is 35.4 Å². The minimum atomic E-state index is -0.635. The van der Waals surface area contributed by atoms with Crippen molar-refractivity contribution in [2.24, 2.45) is 0 Å². The molecule has 0 bridgehead atoms. The number of nitrogens with one attached hydrogen (secondary N) is 1. The molecular formula is C22H26BrClN2O3. The normalized spacial score (nSPS) is 11.8. The lowest BCUT2D eigenvalue weighted by Crippen LogP contribution is -2.50. The van der Waals surface area contributed by atoms with E-state index in [2.05, 4.69) is 21.2 Å². The molecule has 5 nitrogen and oxygen atoms in total. The van der Waals surface area contributed by atoms with Crippen LogP contribution in [0.4, 0.5) is 0 Å². The summed E-state index contributed by atoms with van der Waals surface area (Å²) in [5, 5.41) is 3.50. The third-order valence-electron chi connectivity index (χ3n) is 4.36. The van der Waals surface area contributed by atoms with E-state index in [0.717, 1.165) is 15.6 Å². The third kappa shape index (κ3) is 7.05. The van der Waals surface area contributed by atoms with E-state index >= 15 is 0 Å². The summed E-state index contributed by atoms with van der Waals surface area (Å²) >= 11 is 9.44. The van der Waals surface area contributed by atoms with Gasteiger partial charge in [-0.05, 0) is 69.2 Å². The number of benzene rings is 2. The van der Waals surface area contributed by atoms with E-state index in [4.69, 9.17) is 16.3 Å². The Kier molecular flexibility index (Phi) is 8.53. The molecule has 0 aliphatic carbocycles. The molecule has 2 rings (SSSR count). The van der Waals surface area contributed by atoms with Crippen LogP contribution < -0.4 is 10.1 Å². The number of hydrogen-bond donors (Lipinski definition) is 1. The van der Waals surface area contributed by atoms with Crippen LogP contribution >= 0.6 is 27.5 Å². The Bertz CT molecular complexity index is 856. The van der Waals surface area contributed by atoms with Crippen LogP contribution in [0.5, 0.6) is 5.75 Å². The van der Waals surface area contributed by atoms with Gasteiger partial charge in [-0.1, -0.05) is 39.7 Å². The zero-order chi connectivity index (χ0) is 21.6. The average molecular weight is 482 g/mol. The number of rotatable bonds is 8. The lowest BCUT2D eigenvalue weighted by Gasteiger charge is -2.29. The number of amides is 2. The Morgan fingerprint density at radius 1 is 1.14 bits per heavy atom. The van der Waals surface area contributed by atoms with Gasteiger partial charge in [-0.2, -0.15) is 0 Å². The van der Waals surface area contributed by atoms with E-state index in [0.29, 0.717) is 17.3 Å². The molecule has 0 saturated heterocycles. The summed E-state index contributed by atoms with van der Waals surface area (Å²) in [6, 6.07) is 12.2. The molecular weight excluding hydrogens is 456 g/mol. The molecule has 0 saturated carbocycles. The number of nitrogens with zero attached hydrogens (tertiary/aromatic N) is 1. The predicted octanol–water partition coefficient (Wildman–Crippen LogP) is 4.73. The van der Waals surface area contributed by atoms with Crippen LogP contribution in [0.15, 0.2) is 46.9 Å². The zero-order valence-corrected chi connectivity index (χ0v) is 19.4. The minimum absolute atomic E-state index is 0.0112. The SMILES string of the molecule is Cc1cc(OCC(=O)N(Cc2ccc(Br)cc2)C(C)C(=O)NC(C)C)ccc1Cl. The van der Waals surface area contributed by atoms with Crippen molar-refractivity contribution in [1.29, 1.82) is 0 Å². The maximum Gasteiger partial charge on any atom is 0.261 e. The number of hydrogen-bond acceptors (Lipinski definition) is 3. The maximum atomic E-state index is 13.0. The first-order chi connectivity index (χ1) is 13.7. The van der Waals surface area contributed by atoms with Crippen LogP contribution in [0.1, 0.15) is 31.9 Å². The smallest absolute Gasteiger partial charge is 0.261 e. The fourth-order valence-corrected chi connectivity index (χ4v) is 3.09. The molecule has 0 aliphatic heterocycles. The monoisotopic (exact) mass is 480 g/mol. The van der Waals surface area contributed by atoms with Gasteiger partial charge in [-0.25, -0.2) is 0 Å². The lowest BCUT2D eigenvalue weighted by atomic mass is 10.1. The highest BCUT2D eigenvalue weighted by atomic mass is 79.9. The maximum absolute atomic E-state index is 13.0. The summed E-state index contributed by atoms with van der Waals surface area (Å²) in [6.45, 7) is 7.50. The van der Waals surface area contributed by atoms with Crippen molar-refractivity contribution in [3.05, 3.63) is 63.1 Å². The van der Waals surface area contributed by atoms with Gasteiger partial charge in [0, 0.05) is 22.1 Å². The van der Waals surface area contributed by atoms with Gasteiger partial charge in [-0.15, -0.1) is 0 Å². The minimum Gasteiger partial charge on any atom is -0.484 e. The quantitative estimate of drug-likeness (QED) is 0.593. The van der Waals surface area contributed by atoms with E-state index in [1.165, 1.54) is 4.90 Å². The Balaban J connectivity index is 2.15. The van der Waals surface area contributed by atoms with Gasteiger partial charge in [0.05, 0.1) is 0 Å². The Hall–Kier alpha value is -2.05. The van der Waals surface area contributed by atoms with Crippen LogP contribution in [-0.2, 0) is 16.1 Å². The standard InChI is InChI=1S/C22H26BrClN2O3/c1-14(2)25-22(28)16(4)26(12-17-5-7-18(23)8-6-17)21(27)13-29-19-9-10-20(24)15(3)11-19/h5-11,14,16H,12-13H2,1-4H3,(H,25,28). The van der Waals surface area contributed by atoms with E-state index < -0.39 is 6.04 Å². The summed E-state index contributed by atoms with van der Waals surface area (Å²) in [4.78, 5) is 27.0. The second-order valence-electron chi connectivity index (χ2n) is 7.19. The van der Waals surface area contributed by atoms with Gasteiger partial charge < -0.3 is 15.0 Å². The lowest BCUT2D eigenvalue weighted by molar-refractivity contribution is -0.142. The molecule has 1 atom stereocenters. The largest absolute Gasteiger partial charge is 0.484 e. The highest BCUT2D eigenvalue weighted by molar-refractivity contribution is 9.10. The van der Waals surface area contributed by atoms with E-state index in [1.54, 1.807) is 25.1 Å². The van der Waals surface area contributed by atoms with E-state index in [-0.39, 0.29) is 24.5 Å². The summed E-state index contributed by atoms with van der Waals surface area (Å²) in [6.07, 6.45) is 0. The third-order valence-corrected chi connectivity index (χ3v) is 5.31. The van der Waals surface area contributed by atoms with Crippen LogP contribution in [0, 0.1) is 6.92 Å². The van der Waals surface area contributed by atoms with Gasteiger partial charge in [0.1, 0.15) is 11.8 Å². The van der Waals surface area contributed by atoms with Crippen LogP contribution in [0.3, 0.4) is 0 Å². The van der Waals surface area contributed by atoms with Crippen molar-refractivity contribution < 1.29 is 14.3 Å². The molecule has 2 amide bonds. The summed E-state index contributed by atoms with van der Waals surface area (Å²) < 4.78 is 6.61. The molecule has 0 radical (unpaired) electrons. The molecule has 0 fully saturated rings. The molecule has 29 heavy (non-hydrogen) atoms. The van der Waals surface area contributed by atoms with Gasteiger partial charge >= 0.3 is 0 Å². The van der Waals surface area contributed by atoms with Gasteiger partial charge in [0.25, 0.3) is 5.91 Å². The highest BCUT2D eigenvalue weighted by Crippen LogP contribution is 2.21. The first-order valence-corrected chi connectivity index (χ1v) is 10.6. The van der Waals surface area contributed by atoms with Crippen molar-refractivity contribution in [2.45, 2.75) is 46.3 Å². The summed E-state index contributed by atoms with van der Waals surface area (Å²) in [7, 11) is 0. The first kappa shape index (κ1) is 23.2. The Morgan fingerprint density at radius 3 is 2.38 bits per heavy atom. The molecule has 2 aromatic carbocycles. The highest BCUT2D eigenvalue weighted by Gasteiger charge is 2.26. The fraction of sp³-hybridized carbons (Fsp3) is 0.364. The summed E-state index contributed by atoms with van der Waals surface area (Å²) in [5.74, 6) is 0.0860. The predicted molar refractivity (Wildman–Crippen MR) is 119 cm³/mol. The summed E-state index contributed by atoms with van der Waals surface area (Å²) in [5.41, 5.74) is 1.79. The second kappa shape index (κ2) is 10.6. The topological polar surface area (TPSA) is 58.6 Å². The van der Waals surface area contributed by atoms with Crippen molar-refractivity contribution in [1.82, 2.24) is 10.2 Å². The molecule has 2 aromatic rings. The van der Waals surface area contributed by atoms with Crippen molar-refractivity contribution in [2.75, 3.05) is 6.61 Å². The number of aryl methyl sites for hydroxylation is 1. The average Bonchev–Trinajstić information content (AvgIpc) is 2.67. The van der Waals surface area contributed by atoms with E-state index in [9.17, 15) is 9.59 Å². The van der Waals surface area contributed by atoms with Crippen LogP contribution in [0.2, 0.25) is 5.02 Å². The molecule has 1 N–H and O–H groups in total. The van der Waals surface area contributed by atoms with Crippen molar-refractivity contribution >= 4 is 39.3 Å². The molecule has 0 aromatic heterocycles. The van der Waals surface area contributed by atoms with Gasteiger partial charge in [0.15, 0.2) is 6.61 Å². The van der Waals surface area contributed by atoms with Crippen molar-refractivity contribution in [3.8, 4) is 5.75 Å². The molecule has 0 aliphatic rings.